The lowest BCUT2D eigenvalue weighted by Gasteiger charge is -2.02. The highest BCUT2D eigenvalue weighted by atomic mass is 16.5. The minimum absolute atomic E-state index is 0.598. The molecule has 0 atom stereocenters. The fourth-order valence-corrected chi connectivity index (χ4v) is 0.805. The third-order valence-corrected chi connectivity index (χ3v) is 1.45. The molecule has 0 saturated carbocycles. The summed E-state index contributed by atoms with van der Waals surface area (Å²) in [6.45, 7) is 0. The van der Waals surface area contributed by atoms with Crippen molar-refractivity contribution in [2.45, 2.75) is 0 Å². The van der Waals surface area contributed by atoms with E-state index in [0.717, 1.165) is 5.75 Å². The average Bonchev–Trinajstić information content (AvgIpc) is 2.05. The predicted octanol–water partition coefficient (Wildman–Crippen LogP) is 1.28. The first-order valence-electron chi connectivity index (χ1n) is 3.22. The Bertz CT molecular complexity index is 271. The van der Waals surface area contributed by atoms with Crippen LogP contribution in [-0.4, -0.2) is 13.3 Å². The van der Waals surface area contributed by atoms with Gasteiger partial charge >= 0.3 is 0 Å². The molecule has 0 heterocycles. The van der Waals surface area contributed by atoms with Crippen molar-refractivity contribution in [2.75, 3.05) is 12.8 Å². The molecule has 0 aliphatic rings. The molecule has 0 spiro atoms. The normalized spacial score (nSPS) is 9.18. The molecule has 0 saturated heterocycles. The van der Waals surface area contributed by atoms with Crippen LogP contribution in [-0.2, 0) is 0 Å². The maximum absolute atomic E-state index is 7.00. The van der Waals surface area contributed by atoms with E-state index in [4.69, 9.17) is 15.9 Å². The van der Waals surface area contributed by atoms with Crippen LogP contribution in [0.4, 0.5) is 5.69 Å². The van der Waals surface area contributed by atoms with Gasteiger partial charge in [-0.25, -0.2) is 0 Å². The Balaban J connectivity index is 3.12. The molecule has 3 N–H and O–H groups in total. The van der Waals surface area contributed by atoms with E-state index in [0.29, 0.717) is 11.3 Å². The maximum atomic E-state index is 7.00. The summed E-state index contributed by atoms with van der Waals surface area (Å²) in [4.78, 5) is 0. The highest BCUT2D eigenvalue weighted by Gasteiger charge is 1.96. The third kappa shape index (κ3) is 1.49. The summed E-state index contributed by atoms with van der Waals surface area (Å²) < 4.78 is 4.95. The van der Waals surface area contributed by atoms with Gasteiger partial charge in [-0.1, -0.05) is 0 Å². The van der Waals surface area contributed by atoms with Crippen LogP contribution in [0.3, 0.4) is 0 Å². The monoisotopic (exact) mass is 150 g/mol. The molecule has 1 aromatic rings. The van der Waals surface area contributed by atoms with Gasteiger partial charge in [0, 0.05) is 17.5 Å². The minimum atomic E-state index is 0.598. The van der Waals surface area contributed by atoms with Crippen LogP contribution >= 0.6 is 0 Å². The second-order valence-corrected chi connectivity index (χ2v) is 2.14. The summed E-state index contributed by atoms with van der Waals surface area (Å²) in [5, 5.41) is 7.00. The smallest absolute Gasteiger partial charge is 0.119 e. The number of nitrogens with one attached hydrogen (secondary N) is 1. The van der Waals surface area contributed by atoms with Crippen LogP contribution in [0.25, 0.3) is 0 Å². The Labute approximate surface area is 65.3 Å². The summed E-state index contributed by atoms with van der Waals surface area (Å²) in [5.41, 5.74) is 6.83. The number of nitrogen functional groups attached to an aromatic ring is 1. The maximum Gasteiger partial charge on any atom is 0.119 e. The standard InChI is InChI=1S/C8H10N2O/c1-11-7-2-3-8(10)6(4-7)5-9/h2-5,9H,10H2,1H3. The van der Waals surface area contributed by atoms with Crippen LogP contribution < -0.4 is 10.5 Å². The zero-order chi connectivity index (χ0) is 8.27. The molecule has 0 aromatic heterocycles. The van der Waals surface area contributed by atoms with E-state index in [1.807, 2.05) is 0 Å². The van der Waals surface area contributed by atoms with Gasteiger partial charge in [0.05, 0.1) is 7.11 Å². The van der Waals surface area contributed by atoms with Gasteiger partial charge in [0.15, 0.2) is 0 Å². The molecule has 0 aliphatic heterocycles. The van der Waals surface area contributed by atoms with Crippen molar-refractivity contribution in [2.24, 2.45) is 0 Å². The van der Waals surface area contributed by atoms with Crippen molar-refractivity contribution < 1.29 is 4.74 Å². The number of methoxy groups -OCH3 is 1. The summed E-state index contributed by atoms with van der Waals surface area (Å²) in [6.07, 6.45) is 1.21. The van der Waals surface area contributed by atoms with Gasteiger partial charge < -0.3 is 15.9 Å². The van der Waals surface area contributed by atoms with Gasteiger partial charge in [-0.2, -0.15) is 0 Å². The second kappa shape index (κ2) is 3.05. The SMILES string of the molecule is COc1ccc(N)c(C=N)c1. The summed E-state index contributed by atoms with van der Waals surface area (Å²) in [6, 6.07) is 5.21. The highest BCUT2D eigenvalue weighted by Crippen LogP contribution is 2.17. The van der Waals surface area contributed by atoms with Crippen LogP contribution in [0.2, 0.25) is 0 Å². The van der Waals surface area contributed by atoms with Gasteiger partial charge in [0.1, 0.15) is 5.75 Å². The van der Waals surface area contributed by atoms with E-state index in [1.165, 1.54) is 6.21 Å². The number of nitrogens with two attached hydrogens (primary N) is 1. The molecule has 0 fully saturated rings. The van der Waals surface area contributed by atoms with Gasteiger partial charge in [0.2, 0.25) is 0 Å². The Hall–Kier alpha value is -1.51. The molecule has 0 bridgehead atoms. The van der Waals surface area contributed by atoms with Crippen molar-refractivity contribution in [1.82, 2.24) is 0 Å². The topological polar surface area (TPSA) is 59.1 Å². The van der Waals surface area contributed by atoms with Crippen LogP contribution in [0.5, 0.6) is 5.75 Å². The van der Waals surface area contributed by atoms with Crippen molar-refractivity contribution in [3.8, 4) is 5.75 Å². The number of hydrogen-bond donors (Lipinski definition) is 2. The van der Waals surface area contributed by atoms with Crippen molar-refractivity contribution in [3.05, 3.63) is 23.8 Å². The van der Waals surface area contributed by atoms with E-state index >= 15 is 0 Å². The number of ether oxygens (including phenoxy) is 1. The number of anilines is 1. The molecule has 0 unspecified atom stereocenters. The Morgan fingerprint density at radius 1 is 1.55 bits per heavy atom. The summed E-state index contributed by atoms with van der Waals surface area (Å²) >= 11 is 0. The quantitative estimate of drug-likeness (QED) is 0.492. The fourth-order valence-electron chi connectivity index (χ4n) is 0.805. The molecule has 1 aromatic carbocycles. The molecule has 11 heavy (non-hydrogen) atoms. The zero-order valence-electron chi connectivity index (χ0n) is 6.29. The van der Waals surface area contributed by atoms with E-state index in [9.17, 15) is 0 Å². The van der Waals surface area contributed by atoms with Gasteiger partial charge in [-0.3, -0.25) is 0 Å². The molecule has 3 nitrogen and oxygen atoms in total. The van der Waals surface area contributed by atoms with E-state index in [-0.39, 0.29) is 0 Å². The molecule has 1 rings (SSSR count). The first-order chi connectivity index (χ1) is 5.27. The lowest BCUT2D eigenvalue weighted by Crippen LogP contribution is -1.93. The Morgan fingerprint density at radius 2 is 2.27 bits per heavy atom. The molecular weight excluding hydrogens is 140 g/mol. The predicted molar refractivity (Wildman–Crippen MR) is 45.3 cm³/mol. The van der Waals surface area contributed by atoms with Crippen molar-refractivity contribution in [1.29, 1.82) is 5.41 Å². The van der Waals surface area contributed by atoms with Crippen LogP contribution in [0, 0.1) is 5.41 Å². The molecule has 0 amide bonds. The average molecular weight is 150 g/mol. The first kappa shape index (κ1) is 7.60. The van der Waals surface area contributed by atoms with E-state index in [2.05, 4.69) is 0 Å². The molecular formula is C8H10N2O. The van der Waals surface area contributed by atoms with Gasteiger partial charge in [-0.05, 0) is 18.2 Å². The van der Waals surface area contributed by atoms with Gasteiger partial charge in [-0.15, -0.1) is 0 Å². The largest absolute Gasteiger partial charge is 0.497 e. The van der Waals surface area contributed by atoms with Crippen LogP contribution in [0.15, 0.2) is 18.2 Å². The molecule has 0 radical (unpaired) electrons. The second-order valence-electron chi connectivity index (χ2n) is 2.14. The van der Waals surface area contributed by atoms with Crippen molar-refractivity contribution in [3.63, 3.8) is 0 Å². The number of rotatable bonds is 2. The lowest BCUT2D eigenvalue weighted by atomic mass is 10.2. The molecule has 0 aliphatic carbocycles. The number of hydrogen-bond acceptors (Lipinski definition) is 3. The summed E-state index contributed by atoms with van der Waals surface area (Å²) in [7, 11) is 1.58. The van der Waals surface area contributed by atoms with Crippen molar-refractivity contribution >= 4 is 11.9 Å². The van der Waals surface area contributed by atoms with E-state index < -0.39 is 0 Å². The first-order valence-corrected chi connectivity index (χ1v) is 3.22. The van der Waals surface area contributed by atoms with E-state index in [1.54, 1.807) is 25.3 Å². The Morgan fingerprint density at radius 3 is 2.82 bits per heavy atom. The zero-order valence-corrected chi connectivity index (χ0v) is 6.29. The Kier molecular flexibility index (Phi) is 2.11. The van der Waals surface area contributed by atoms with Gasteiger partial charge in [0.25, 0.3) is 0 Å². The summed E-state index contributed by atoms with van der Waals surface area (Å²) in [5.74, 6) is 0.720. The lowest BCUT2D eigenvalue weighted by molar-refractivity contribution is 0.415. The highest BCUT2D eigenvalue weighted by molar-refractivity contribution is 5.85. The third-order valence-electron chi connectivity index (χ3n) is 1.45. The molecule has 58 valence electrons. The number of benzene rings is 1. The minimum Gasteiger partial charge on any atom is -0.497 e. The van der Waals surface area contributed by atoms with Crippen LogP contribution in [0.1, 0.15) is 5.56 Å². The fraction of sp³-hybridized carbons (Fsp3) is 0.125. The molecule has 3 heteroatoms.